The lowest BCUT2D eigenvalue weighted by Crippen LogP contribution is -2.37. The van der Waals surface area contributed by atoms with E-state index in [4.69, 9.17) is 4.74 Å². The van der Waals surface area contributed by atoms with Crippen molar-refractivity contribution >= 4 is 33.6 Å². The number of amides is 1. The molecule has 21 heavy (non-hydrogen) atoms. The van der Waals surface area contributed by atoms with Gasteiger partial charge in [0.2, 0.25) is 5.91 Å². The van der Waals surface area contributed by atoms with E-state index in [9.17, 15) is 4.79 Å². The molecule has 3 nitrogen and oxygen atoms in total. The molecule has 0 spiro atoms. The fourth-order valence-corrected chi connectivity index (χ4v) is 3.95. The second kappa shape index (κ2) is 8.69. The second-order valence-electron chi connectivity index (χ2n) is 5.36. The van der Waals surface area contributed by atoms with Crippen LogP contribution in [0.1, 0.15) is 37.7 Å². The average molecular weight is 372 g/mol. The molecular formula is C16H22BrNO2S. The zero-order chi connectivity index (χ0) is 15.1. The normalized spacial score (nSPS) is 15.7. The Morgan fingerprint density at radius 3 is 2.81 bits per heavy atom. The van der Waals surface area contributed by atoms with Crippen LogP contribution in [0.15, 0.2) is 22.7 Å². The van der Waals surface area contributed by atoms with Gasteiger partial charge in [-0.25, -0.2) is 0 Å². The number of methoxy groups -OCH3 is 1. The maximum atomic E-state index is 11.9. The Bertz CT molecular complexity index is 475. The third-order valence-electron chi connectivity index (χ3n) is 3.69. The molecule has 116 valence electrons. The number of ether oxygens (including phenoxy) is 1. The fraction of sp³-hybridized carbons (Fsp3) is 0.562. The number of rotatable bonds is 6. The van der Waals surface area contributed by atoms with Crippen LogP contribution in [-0.2, 0) is 10.5 Å². The minimum absolute atomic E-state index is 0.166. The molecule has 0 aromatic heterocycles. The first-order valence-corrected chi connectivity index (χ1v) is 9.33. The minimum Gasteiger partial charge on any atom is -0.496 e. The number of thioether (sulfide) groups is 1. The molecule has 5 heteroatoms. The van der Waals surface area contributed by atoms with Crippen LogP contribution in [-0.4, -0.2) is 24.8 Å². The van der Waals surface area contributed by atoms with Crippen LogP contribution in [0.5, 0.6) is 5.75 Å². The van der Waals surface area contributed by atoms with E-state index in [0.717, 1.165) is 28.8 Å². The standard InChI is InChI=1S/C16H22BrNO2S/c1-20-15-8-7-12(9-14(15)17)10-21-11-16(19)18-13-5-3-2-4-6-13/h7-9,13H,2-6,10-11H2,1H3,(H,18,19). The summed E-state index contributed by atoms with van der Waals surface area (Å²) in [5.74, 6) is 2.36. The number of carbonyl (C=O) groups excluding carboxylic acids is 1. The first-order valence-electron chi connectivity index (χ1n) is 7.38. The predicted octanol–water partition coefficient (Wildman–Crippen LogP) is 4.14. The van der Waals surface area contributed by atoms with E-state index in [0.29, 0.717) is 11.8 Å². The van der Waals surface area contributed by atoms with Crippen LogP contribution in [0.25, 0.3) is 0 Å². The van der Waals surface area contributed by atoms with Crippen molar-refractivity contribution in [1.29, 1.82) is 0 Å². The van der Waals surface area contributed by atoms with Crippen molar-refractivity contribution in [3.8, 4) is 5.75 Å². The van der Waals surface area contributed by atoms with Crippen molar-refractivity contribution in [1.82, 2.24) is 5.32 Å². The number of hydrogen-bond acceptors (Lipinski definition) is 3. The zero-order valence-electron chi connectivity index (χ0n) is 12.4. The summed E-state index contributed by atoms with van der Waals surface area (Å²) in [5, 5.41) is 3.15. The lowest BCUT2D eigenvalue weighted by atomic mass is 9.95. The van der Waals surface area contributed by atoms with Crippen molar-refractivity contribution in [3.63, 3.8) is 0 Å². The molecule has 1 aromatic rings. The molecule has 1 aromatic carbocycles. The molecule has 1 saturated carbocycles. The number of hydrogen-bond donors (Lipinski definition) is 1. The number of carbonyl (C=O) groups is 1. The molecule has 1 amide bonds. The molecule has 1 fully saturated rings. The van der Waals surface area contributed by atoms with E-state index in [2.05, 4.69) is 21.2 Å². The van der Waals surface area contributed by atoms with Gasteiger partial charge in [-0.05, 0) is 46.5 Å². The van der Waals surface area contributed by atoms with Gasteiger partial charge in [0, 0.05) is 11.8 Å². The largest absolute Gasteiger partial charge is 0.496 e. The number of benzene rings is 1. The Morgan fingerprint density at radius 2 is 2.14 bits per heavy atom. The molecule has 1 N–H and O–H groups in total. The zero-order valence-corrected chi connectivity index (χ0v) is 14.8. The van der Waals surface area contributed by atoms with E-state index in [1.807, 2.05) is 18.2 Å². The number of halogens is 1. The van der Waals surface area contributed by atoms with Crippen LogP contribution in [0.3, 0.4) is 0 Å². The van der Waals surface area contributed by atoms with Crippen molar-refractivity contribution < 1.29 is 9.53 Å². The summed E-state index contributed by atoms with van der Waals surface area (Å²) < 4.78 is 6.16. The summed E-state index contributed by atoms with van der Waals surface area (Å²) in [7, 11) is 1.66. The van der Waals surface area contributed by atoms with Crippen LogP contribution in [0.4, 0.5) is 0 Å². The summed E-state index contributed by atoms with van der Waals surface area (Å²) >= 11 is 5.13. The van der Waals surface area contributed by atoms with E-state index in [-0.39, 0.29) is 5.91 Å². The van der Waals surface area contributed by atoms with Crippen molar-refractivity contribution in [2.45, 2.75) is 43.9 Å². The van der Waals surface area contributed by atoms with Gasteiger partial charge in [0.05, 0.1) is 17.3 Å². The quantitative estimate of drug-likeness (QED) is 0.816. The lowest BCUT2D eigenvalue weighted by Gasteiger charge is -2.22. The highest BCUT2D eigenvalue weighted by molar-refractivity contribution is 9.10. The van der Waals surface area contributed by atoms with E-state index in [1.165, 1.54) is 24.8 Å². The predicted molar refractivity (Wildman–Crippen MR) is 91.9 cm³/mol. The minimum atomic E-state index is 0.166. The average Bonchev–Trinajstić information content (AvgIpc) is 2.48. The SMILES string of the molecule is COc1ccc(CSCC(=O)NC2CCCCC2)cc1Br. The third kappa shape index (κ3) is 5.55. The lowest BCUT2D eigenvalue weighted by molar-refractivity contribution is -0.119. The molecule has 0 saturated heterocycles. The highest BCUT2D eigenvalue weighted by atomic mass is 79.9. The van der Waals surface area contributed by atoms with Gasteiger partial charge < -0.3 is 10.1 Å². The van der Waals surface area contributed by atoms with Gasteiger partial charge in [-0.15, -0.1) is 11.8 Å². The van der Waals surface area contributed by atoms with Crippen LogP contribution in [0.2, 0.25) is 0 Å². The Labute approximate surface area is 139 Å². The van der Waals surface area contributed by atoms with Gasteiger partial charge in [0.25, 0.3) is 0 Å². The van der Waals surface area contributed by atoms with Crippen molar-refractivity contribution in [2.24, 2.45) is 0 Å². The van der Waals surface area contributed by atoms with Crippen molar-refractivity contribution in [2.75, 3.05) is 12.9 Å². The molecule has 0 unspecified atom stereocenters. The van der Waals surface area contributed by atoms with Gasteiger partial charge in [-0.2, -0.15) is 0 Å². The maximum absolute atomic E-state index is 11.9. The van der Waals surface area contributed by atoms with Gasteiger partial charge in [0.15, 0.2) is 0 Å². The second-order valence-corrected chi connectivity index (χ2v) is 7.20. The highest BCUT2D eigenvalue weighted by Gasteiger charge is 2.15. The topological polar surface area (TPSA) is 38.3 Å². The van der Waals surface area contributed by atoms with Gasteiger partial charge in [0.1, 0.15) is 5.75 Å². The molecule has 0 aliphatic heterocycles. The molecule has 0 bridgehead atoms. The van der Waals surface area contributed by atoms with Crippen LogP contribution >= 0.6 is 27.7 Å². The number of nitrogens with one attached hydrogen (secondary N) is 1. The maximum Gasteiger partial charge on any atom is 0.230 e. The third-order valence-corrected chi connectivity index (χ3v) is 5.31. The van der Waals surface area contributed by atoms with Crippen molar-refractivity contribution in [3.05, 3.63) is 28.2 Å². The highest BCUT2D eigenvalue weighted by Crippen LogP contribution is 2.27. The van der Waals surface area contributed by atoms with Crippen LogP contribution < -0.4 is 10.1 Å². The molecule has 1 aliphatic rings. The summed E-state index contributed by atoms with van der Waals surface area (Å²) in [6.45, 7) is 0. The van der Waals surface area contributed by atoms with Gasteiger partial charge in [-0.1, -0.05) is 25.3 Å². The van der Waals surface area contributed by atoms with E-state index >= 15 is 0 Å². The molecule has 0 radical (unpaired) electrons. The molecule has 0 heterocycles. The Kier molecular flexibility index (Phi) is 6.90. The van der Waals surface area contributed by atoms with E-state index < -0.39 is 0 Å². The van der Waals surface area contributed by atoms with Gasteiger partial charge >= 0.3 is 0 Å². The molecular weight excluding hydrogens is 350 g/mol. The first-order chi connectivity index (χ1) is 10.2. The van der Waals surface area contributed by atoms with Crippen LogP contribution in [0, 0.1) is 0 Å². The summed E-state index contributed by atoms with van der Waals surface area (Å²) in [6.07, 6.45) is 6.09. The molecule has 0 atom stereocenters. The smallest absolute Gasteiger partial charge is 0.230 e. The molecule has 1 aliphatic carbocycles. The Balaban J connectivity index is 1.70. The van der Waals surface area contributed by atoms with Gasteiger partial charge in [-0.3, -0.25) is 4.79 Å². The monoisotopic (exact) mass is 371 g/mol. The summed E-state index contributed by atoms with van der Waals surface area (Å²) in [5.41, 5.74) is 1.19. The Morgan fingerprint density at radius 1 is 1.38 bits per heavy atom. The Hall–Kier alpha value is -0.680. The fourth-order valence-electron chi connectivity index (χ4n) is 2.58. The summed E-state index contributed by atoms with van der Waals surface area (Å²) in [6, 6.07) is 6.43. The molecule has 2 rings (SSSR count). The van der Waals surface area contributed by atoms with E-state index in [1.54, 1.807) is 18.9 Å². The summed E-state index contributed by atoms with van der Waals surface area (Å²) in [4.78, 5) is 11.9. The first kappa shape index (κ1) is 16.7.